The first-order valence-corrected chi connectivity index (χ1v) is 37.1. The fourth-order valence-electron chi connectivity index (χ4n) is 15.7. The smallest absolute Gasteiger partial charge is 0.164 e. The molecule has 14 aromatic carbocycles. The number of hydrogen-bond donors (Lipinski definition) is 0. The standard InChI is InChI=1S/C91H51N11S3/c1-5-22-54(23-6-1)77-67-51-62(48-49-68(67)92-88(95-77)57-26-9-3-10-27-57)102-69-36-17-13-32-63(69)73-80-81(75-65-34-15-19-38-71(65)103-86(75)84(73)102)94-79(78(93-80)55-24-7-2-8-25-55)56-44-40-52(41-45-56)53-42-46-59(47-43-53)90-96-89(58-28-11-4-12-29-58)97-91(98-90)60-30-21-31-61(50-60)101-70-37-18-14-33-64(70)74-82-83(100-105-99-82)76-66-35-16-20-39-72(66)104-87(76)85(74)101/h1-51H. The summed E-state index contributed by atoms with van der Waals surface area (Å²) in [5.74, 6) is 2.42. The van der Waals surface area contributed by atoms with Crippen molar-refractivity contribution in [3.8, 4) is 102 Å². The van der Waals surface area contributed by atoms with Crippen LogP contribution in [0.15, 0.2) is 309 Å². The van der Waals surface area contributed by atoms with Gasteiger partial charge in [-0.15, -0.1) is 22.7 Å². The molecule has 14 heteroatoms. The third-order valence-electron chi connectivity index (χ3n) is 20.4. The van der Waals surface area contributed by atoms with Gasteiger partial charge in [0.25, 0.3) is 0 Å². The first kappa shape index (κ1) is 59.3. The van der Waals surface area contributed by atoms with E-state index in [2.05, 4.69) is 276 Å². The van der Waals surface area contributed by atoms with Crippen molar-refractivity contribution in [3.05, 3.63) is 309 Å². The first-order valence-electron chi connectivity index (χ1n) is 34.8. The van der Waals surface area contributed by atoms with E-state index >= 15 is 0 Å². The van der Waals surface area contributed by atoms with Crippen molar-refractivity contribution in [1.82, 2.24) is 52.8 Å². The van der Waals surface area contributed by atoms with E-state index in [9.17, 15) is 0 Å². The summed E-state index contributed by atoms with van der Waals surface area (Å²) in [5.41, 5.74) is 21.9. The largest absolute Gasteiger partial charge is 0.308 e. The van der Waals surface area contributed by atoms with Crippen molar-refractivity contribution in [3.63, 3.8) is 0 Å². The molecule has 0 amide bonds. The van der Waals surface area contributed by atoms with Crippen LogP contribution in [-0.2, 0) is 0 Å². The summed E-state index contributed by atoms with van der Waals surface area (Å²) in [6.45, 7) is 0. The summed E-state index contributed by atoms with van der Waals surface area (Å²) >= 11 is 4.89. The monoisotopic (exact) mass is 1390 g/mol. The second-order valence-electron chi connectivity index (χ2n) is 26.4. The molecule has 488 valence electrons. The van der Waals surface area contributed by atoms with Gasteiger partial charge < -0.3 is 9.13 Å². The number of rotatable bonds is 10. The molecule has 0 aliphatic carbocycles. The minimum absolute atomic E-state index is 0.572. The normalized spacial score (nSPS) is 12.0. The average molecular weight is 1390 g/mol. The Labute approximate surface area is 611 Å². The van der Waals surface area contributed by atoms with Crippen LogP contribution in [0.3, 0.4) is 0 Å². The van der Waals surface area contributed by atoms with Crippen molar-refractivity contribution in [2.24, 2.45) is 0 Å². The number of thiophene rings is 2. The van der Waals surface area contributed by atoms with E-state index in [4.69, 9.17) is 43.6 Å². The molecule has 0 spiro atoms. The van der Waals surface area contributed by atoms with Gasteiger partial charge in [0.15, 0.2) is 23.3 Å². The zero-order valence-electron chi connectivity index (χ0n) is 55.6. The molecular formula is C91H51N11S3. The fourth-order valence-corrected chi connectivity index (χ4v) is 18.7. The minimum atomic E-state index is 0.572. The van der Waals surface area contributed by atoms with Gasteiger partial charge in [0, 0.05) is 108 Å². The molecule has 0 unspecified atom stereocenters. The van der Waals surface area contributed by atoms with E-state index in [1.807, 2.05) is 65.1 Å². The van der Waals surface area contributed by atoms with Crippen LogP contribution in [-0.4, -0.2) is 52.8 Å². The molecule has 0 aliphatic rings. The molecule has 0 saturated heterocycles. The molecule has 0 N–H and O–H groups in total. The number of nitrogens with zero attached hydrogens (tertiary/aromatic N) is 11. The van der Waals surface area contributed by atoms with Crippen LogP contribution in [0.1, 0.15) is 0 Å². The molecule has 0 radical (unpaired) electrons. The molecule has 0 saturated carbocycles. The predicted molar refractivity (Wildman–Crippen MR) is 435 cm³/mol. The number of aromatic nitrogens is 11. The second-order valence-corrected chi connectivity index (χ2v) is 29.0. The number of para-hydroxylation sites is 2. The summed E-state index contributed by atoms with van der Waals surface area (Å²) in [6, 6.07) is 109. The zero-order chi connectivity index (χ0) is 68.8. The van der Waals surface area contributed by atoms with Crippen LogP contribution in [0.5, 0.6) is 0 Å². The highest BCUT2D eigenvalue weighted by Gasteiger charge is 2.29. The quantitative estimate of drug-likeness (QED) is 0.132. The number of fused-ring (bicyclic) bond motifs is 21. The van der Waals surface area contributed by atoms with Gasteiger partial charge in [-0.25, -0.2) is 34.9 Å². The molecule has 0 atom stereocenters. The van der Waals surface area contributed by atoms with Gasteiger partial charge in [-0.1, -0.05) is 255 Å². The maximum absolute atomic E-state index is 5.91. The van der Waals surface area contributed by atoms with Gasteiger partial charge >= 0.3 is 0 Å². The predicted octanol–water partition coefficient (Wildman–Crippen LogP) is 24.0. The molecule has 105 heavy (non-hydrogen) atoms. The fraction of sp³-hybridized carbons (Fsp3) is 0. The molecule has 0 aliphatic heterocycles. The Hall–Kier alpha value is -13.4. The lowest BCUT2D eigenvalue weighted by molar-refractivity contribution is 1.07. The van der Waals surface area contributed by atoms with Gasteiger partial charge in [0.2, 0.25) is 0 Å². The number of benzene rings is 14. The third-order valence-corrected chi connectivity index (χ3v) is 23.3. The van der Waals surface area contributed by atoms with Crippen LogP contribution < -0.4 is 0 Å². The number of hydrogen-bond acceptors (Lipinski definition) is 12. The lowest BCUT2D eigenvalue weighted by atomic mass is 9.98. The Morgan fingerprint density at radius 2 is 0.629 bits per heavy atom. The van der Waals surface area contributed by atoms with Crippen LogP contribution in [0.2, 0.25) is 0 Å². The van der Waals surface area contributed by atoms with E-state index in [1.54, 1.807) is 0 Å². The van der Waals surface area contributed by atoms with Crippen LogP contribution in [0, 0.1) is 0 Å². The Morgan fingerprint density at radius 1 is 0.238 bits per heavy atom. The van der Waals surface area contributed by atoms with Gasteiger partial charge in [-0.3, -0.25) is 0 Å². The lowest BCUT2D eigenvalue weighted by Crippen LogP contribution is -2.01. The van der Waals surface area contributed by atoms with Crippen LogP contribution in [0.4, 0.5) is 0 Å². The molecule has 8 heterocycles. The van der Waals surface area contributed by atoms with E-state index in [-0.39, 0.29) is 0 Å². The Balaban J connectivity index is 0.661. The van der Waals surface area contributed by atoms with Gasteiger partial charge in [-0.2, -0.15) is 8.75 Å². The zero-order valence-corrected chi connectivity index (χ0v) is 58.0. The van der Waals surface area contributed by atoms with E-state index in [0.29, 0.717) is 23.3 Å². The molecule has 22 rings (SSSR count). The van der Waals surface area contributed by atoms with E-state index in [0.717, 1.165) is 176 Å². The lowest BCUT2D eigenvalue weighted by Gasteiger charge is -2.15. The Kier molecular flexibility index (Phi) is 13.3. The summed E-state index contributed by atoms with van der Waals surface area (Å²) in [4.78, 5) is 38.1. The van der Waals surface area contributed by atoms with Crippen LogP contribution >= 0.6 is 34.4 Å². The van der Waals surface area contributed by atoms with Crippen molar-refractivity contribution < 1.29 is 0 Å². The molecular weight excluding hydrogens is 1340 g/mol. The van der Waals surface area contributed by atoms with Crippen molar-refractivity contribution in [1.29, 1.82) is 0 Å². The Bertz CT molecular complexity index is 7310. The molecule has 22 aromatic rings. The second kappa shape index (κ2) is 23.6. The average Bonchev–Trinajstić information content (AvgIpc) is 1.55. The van der Waals surface area contributed by atoms with Crippen molar-refractivity contribution in [2.75, 3.05) is 0 Å². The van der Waals surface area contributed by atoms with Gasteiger partial charge in [-0.05, 0) is 65.7 Å². The highest BCUT2D eigenvalue weighted by molar-refractivity contribution is 7.27. The summed E-state index contributed by atoms with van der Waals surface area (Å²) in [5, 5.41) is 9.88. The maximum Gasteiger partial charge on any atom is 0.164 e. The third kappa shape index (κ3) is 9.37. The molecule has 11 nitrogen and oxygen atoms in total. The van der Waals surface area contributed by atoms with Crippen LogP contribution in [0.25, 0.3) is 219 Å². The summed E-state index contributed by atoms with van der Waals surface area (Å²) < 4.78 is 19.4. The van der Waals surface area contributed by atoms with E-state index in [1.165, 1.54) is 31.2 Å². The molecule has 8 aromatic heterocycles. The molecule has 0 bridgehead atoms. The van der Waals surface area contributed by atoms with Gasteiger partial charge in [0.05, 0.1) is 71.3 Å². The minimum Gasteiger partial charge on any atom is -0.308 e. The highest BCUT2D eigenvalue weighted by Crippen LogP contribution is 2.51. The van der Waals surface area contributed by atoms with Crippen molar-refractivity contribution in [2.45, 2.75) is 0 Å². The first-order chi connectivity index (χ1) is 52.1. The SMILES string of the molecule is c1ccc(-c2nc(-c3ccc(-c4ccc(-c5nc6c(nc5-c5ccccc5)c5c7ccccc7n(-c7ccc8nc(-c9ccccc9)nc(-c9ccccc9)c8c7)c5c5sc7ccccc7c65)cc4)cc3)nc(-c3cccc(-n4c5ccccc5c5c6nsnc6c6c7ccccc7sc6c54)c3)n2)cc1. The summed E-state index contributed by atoms with van der Waals surface area (Å²) in [7, 11) is 0. The van der Waals surface area contributed by atoms with E-state index < -0.39 is 0 Å². The van der Waals surface area contributed by atoms with Crippen molar-refractivity contribution >= 4 is 151 Å². The topological polar surface area (TPSA) is 126 Å². The maximum atomic E-state index is 5.91. The highest BCUT2D eigenvalue weighted by atomic mass is 32.1. The van der Waals surface area contributed by atoms with Gasteiger partial charge in [0.1, 0.15) is 16.6 Å². The summed E-state index contributed by atoms with van der Waals surface area (Å²) in [6.07, 6.45) is 0. The Morgan fingerprint density at radius 3 is 1.19 bits per heavy atom. The molecule has 0 fully saturated rings.